The molecule has 1 fully saturated rings. The van der Waals surface area contributed by atoms with E-state index < -0.39 is 0 Å². The Morgan fingerprint density at radius 3 is 2.68 bits per heavy atom. The lowest BCUT2D eigenvalue weighted by molar-refractivity contribution is 0.196. The molecule has 0 spiro atoms. The van der Waals surface area contributed by atoms with Gasteiger partial charge in [-0.2, -0.15) is 0 Å². The highest BCUT2D eigenvalue weighted by atomic mass is 32.2. The molecule has 5 heteroatoms. The van der Waals surface area contributed by atoms with Gasteiger partial charge in [0.25, 0.3) is 0 Å². The first kappa shape index (κ1) is 14.2. The second kappa shape index (κ2) is 6.82. The molecule has 1 aromatic carbocycles. The predicted octanol–water partition coefficient (Wildman–Crippen LogP) is 2.26. The summed E-state index contributed by atoms with van der Waals surface area (Å²) in [5.74, 6) is 0. The number of nitrogens with one attached hydrogen (secondary N) is 2. The number of hydrogen-bond donors (Lipinski definition) is 2. The van der Waals surface area contributed by atoms with E-state index in [-0.39, 0.29) is 10.8 Å². The molecule has 0 aromatic heterocycles. The van der Waals surface area contributed by atoms with E-state index in [1.54, 1.807) is 7.11 Å². The van der Waals surface area contributed by atoms with Crippen molar-refractivity contribution >= 4 is 17.8 Å². The monoisotopic (exact) mass is 280 g/mol. The number of ether oxygens (including phenoxy) is 1. The minimum Gasteiger partial charge on any atom is -0.383 e. The molecular formula is C14H20N2O2S. The summed E-state index contributed by atoms with van der Waals surface area (Å²) in [6.07, 6.45) is 2.32. The molecular weight excluding hydrogens is 260 g/mol. The standard InChI is InChI=1S/C14H20N2O2S/c1-18-10-9-15-13(17)16-11-14(7-8-14)19-12-5-3-2-4-6-12/h2-6H,7-11H2,1H3,(H2,15,16,17). The Labute approximate surface area is 118 Å². The van der Waals surface area contributed by atoms with Gasteiger partial charge < -0.3 is 15.4 Å². The molecule has 0 heterocycles. The molecule has 4 nitrogen and oxygen atoms in total. The van der Waals surface area contributed by atoms with Crippen LogP contribution in [0.4, 0.5) is 4.79 Å². The molecule has 0 aliphatic heterocycles. The van der Waals surface area contributed by atoms with E-state index in [2.05, 4.69) is 22.8 Å². The van der Waals surface area contributed by atoms with Gasteiger partial charge in [0.15, 0.2) is 0 Å². The van der Waals surface area contributed by atoms with Crippen LogP contribution in [0.25, 0.3) is 0 Å². The summed E-state index contributed by atoms with van der Waals surface area (Å²) in [5, 5.41) is 5.70. The molecule has 2 rings (SSSR count). The summed E-state index contributed by atoms with van der Waals surface area (Å²) in [7, 11) is 1.62. The van der Waals surface area contributed by atoms with Gasteiger partial charge in [-0.25, -0.2) is 4.79 Å². The molecule has 0 bridgehead atoms. The molecule has 1 aliphatic carbocycles. The Morgan fingerprint density at radius 1 is 1.32 bits per heavy atom. The maximum absolute atomic E-state index is 11.6. The fraction of sp³-hybridized carbons (Fsp3) is 0.500. The van der Waals surface area contributed by atoms with E-state index in [0.717, 1.165) is 12.8 Å². The number of urea groups is 1. The van der Waals surface area contributed by atoms with Crippen LogP contribution in [-0.4, -0.2) is 37.6 Å². The number of rotatable bonds is 7. The average molecular weight is 280 g/mol. The maximum Gasteiger partial charge on any atom is 0.314 e. The topological polar surface area (TPSA) is 50.4 Å². The van der Waals surface area contributed by atoms with E-state index in [1.165, 1.54) is 4.90 Å². The lowest BCUT2D eigenvalue weighted by Crippen LogP contribution is -2.40. The van der Waals surface area contributed by atoms with Crippen molar-refractivity contribution in [3.8, 4) is 0 Å². The Kier molecular flexibility index (Phi) is 5.10. The van der Waals surface area contributed by atoms with Crippen molar-refractivity contribution in [3.05, 3.63) is 30.3 Å². The van der Waals surface area contributed by atoms with Crippen molar-refractivity contribution in [2.45, 2.75) is 22.5 Å². The first-order chi connectivity index (χ1) is 9.24. The highest BCUT2D eigenvalue weighted by molar-refractivity contribution is 8.01. The van der Waals surface area contributed by atoms with Gasteiger partial charge in [-0.05, 0) is 25.0 Å². The first-order valence-electron chi connectivity index (χ1n) is 6.49. The maximum atomic E-state index is 11.6. The lowest BCUT2D eigenvalue weighted by Gasteiger charge is -2.16. The van der Waals surface area contributed by atoms with Crippen LogP contribution in [0.15, 0.2) is 35.2 Å². The highest BCUT2D eigenvalue weighted by Gasteiger charge is 2.43. The van der Waals surface area contributed by atoms with E-state index in [9.17, 15) is 4.79 Å². The van der Waals surface area contributed by atoms with Crippen molar-refractivity contribution < 1.29 is 9.53 Å². The zero-order valence-corrected chi connectivity index (χ0v) is 12.0. The SMILES string of the molecule is COCCNC(=O)NCC1(Sc2ccccc2)CC1. The Hall–Kier alpha value is -1.20. The van der Waals surface area contributed by atoms with Crippen LogP contribution in [0.3, 0.4) is 0 Å². The van der Waals surface area contributed by atoms with Crippen molar-refractivity contribution in [1.29, 1.82) is 0 Å². The minimum atomic E-state index is -0.114. The van der Waals surface area contributed by atoms with Gasteiger partial charge in [0.05, 0.1) is 6.61 Å². The number of carbonyl (C=O) groups is 1. The summed E-state index contributed by atoms with van der Waals surface area (Å²) < 4.78 is 5.08. The van der Waals surface area contributed by atoms with E-state index in [1.807, 2.05) is 30.0 Å². The average Bonchev–Trinajstić information content (AvgIpc) is 3.18. The predicted molar refractivity (Wildman–Crippen MR) is 77.5 cm³/mol. The minimum absolute atomic E-state index is 0.114. The van der Waals surface area contributed by atoms with Crippen LogP contribution in [0, 0.1) is 0 Å². The van der Waals surface area contributed by atoms with Gasteiger partial charge in [0, 0.05) is 29.8 Å². The molecule has 104 valence electrons. The molecule has 1 aromatic rings. The van der Waals surface area contributed by atoms with E-state index in [0.29, 0.717) is 19.7 Å². The summed E-state index contributed by atoms with van der Waals surface area (Å²) in [4.78, 5) is 12.8. The Morgan fingerprint density at radius 2 is 2.05 bits per heavy atom. The summed E-state index contributed by atoms with van der Waals surface area (Å²) in [6.45, 7) is 1.80. The Balaban J connectivity index is 1.72. The van der Waals surface area contributed by atoms with Crippen LogP contribution in [0.5, 0.6) is 0 Å². The molecule has 1 aliphatic rings. The van der Waals surface area contributed by atoms with Crippen LogP contribution in [-0.2, 0) is 4.74 Å². The third-order valence-electron chi connectivity index (χ3n) is 3.05. The fourth-order valence-electron chi connectivity index (χ4n) is 1.76. The van der Waals surface area contributed by atoms with Gasteiger partial charge in [-0.3, -0.25) is 0 Å². The molecule has 19 heavy (non-hydrogen) atoms. The third-order valence-corrected chi connectivity index (χ3v) is 4.54. The van der Waals surface area contributed by atoms with Crippen molar-refractivity contribution in [2.75, 3.05) is 26.8 Å². The normalized spacial score (nSPS) is 15.8. The van der Waals surface area contributed by atoms with Crippen molar-refractivity contribution in [1.82, 2.24) is 10.6 Å². The number of carbonyl (C=O) groups excluding carboxylic acids is 1. The number of benzene rings is 1. The molecule has 2 N–H and O–H groups in total. The third kappa shape index (κ3) is 4.76. The number of thioether (sulfide) groups is 1. The number of methoxy groups -OCH3 is 1. The largest absolute Gasteiger partial charge is 0.383 e. The van der Waals surface area contributed by atoms with Crippen molar-refractivity contribution in [3.63, 3.8) is 0 Å². The van der Waals surface area contributed by atoms with Gasteiger partial charge in [0.1, 0.15) is 0 Å². The lowest BCUT2D eigenvalue weighted by atomic mass is 10.4. The molecule has 0 unspecified atom stereocenters. The van der Waals surface area contributed by atoms with Gasteiger partial charge in [-0.15, -0.1) is 11.8 Å². The van der Waals surface area contributed by atoms with Crippen molar-refractivity contribution in [2.24, 2.45) is 0 Å². The number of hydrogen-bond acceptors (Lipinski definition) is 3. The van der Waals surface area contributed by atoms with Crippen LogP contribution < -0.4 is 10.6 Å². The zero-order valence-electron chi connectivity index (χ0n) is 11.1. The summed E-state index contributed by atoms with van der Waals surface area (Å²) in [6, 6.07) is 10.2. The highest BCUT2D eigenvalue weighted by Crippen LogP contribution is 2.51. The molecule has 2 amide bonds. The number of amides is 2. The molecule has 0 atom stereocenters. The van der Waals surface area contributed by atoms with Gasteiger partial charge >= 0.3 is 6.03 Å². The van der Waals surface area contributed by atoms with Crippen LogP contribution >= 0.6 is 11.8 Å². The second-order valence-corrected chi connectivity index (χ2v) is 6.24. The quantitative estimate of drug-likeness (QED) is 0.753. The summed E-state index contributed by atoms with van der Waals surface area (Å²) in [5.41, 5.74) is 0. The van der Waals surface area contributed by atoms with E-state index in [4.69, 9.17) is 4.74 Å². The molecule has 0 radical (unpaired) electrons. The zero-order chi connectivity index (χ0) is 13.6. The van der Waals surface area contributed by atoms with Gasteiger partial charge in [-0.1, -0.05) is 18.2 Å². The Bertz CT molecular complexity index is 407. The second-order valence-electron chi connectivity index (χ2n) is 4.70. The summed E-state index contributed by atoms with van der Waals surface area (Å²) >= 11 is 1.86. The molecule has 1 saturated carbocycles. The van der Waals surface area contributed by atoms with Gasteiger partial charge in [0.2, 0.25) is 0 Å². The molecule has 0 saturated heterocycles. The van der Waals surface area contributed by atoms with E-state index >= 15 is 0 Å². The smallest absolute Gasteiger partial charge is 0.314 e. The van der Waals surface area contributed by atoms with Crippen LogP contribution in [0.2, 0.25) is 0 Å². The van der Waals surface area contributed by atoms with Crippen LogP contribution in [0.1, 0.15) is 12.8 Å². The first-order valence-corrected chi connectivity index (χ1v) is 7.30. The fourth-order valence-corrected chi connectivity index (χ4v) is 3.01.